The topological polar surface area (TPSA) is 66.9 Å². The molecule has 1 atom stereocenters. The van der Waals surface area contributed by atoms with Gasteiger partial charge in [-0.1, -0.05) is 19.9 Å². The number of hydrogen-bond donors (Lipinski definition) is 0. The summed E-state index contributed by atoms with van der Waals surface area (Å²) >= 11 is 0. The minimum Gasteiger partial charge on any atom is -0.447 e. The third-order valence-corrected chi connectivity index (χ3v) is 7.37. The van der Waals surface area contributed by atoms with E-state index in [0.717, 1.165) is 12.5 Å². The van der Waals surface area contributed by atoms with E-state index in [2.05, 4.69) is 13.8 Å². The van der Waals surface area contributed by atoms with Crippen LogP contribution in [0.4, 0.5) is 9.18 Å². The lowest BCUT2D eigenvalue weighted by Crippen LogP contribution is -2.50. The van der Waals surface area contributed by atoms with Crippen molar-refractivity contribution in [2.24, 2.45) is 5.92 Å². The Balaban J connectivity index is 1.71. The molecule has 0 saturated carbocycles. The predicted octanol–water partition coefficient (Wildman–Crippen LogP) is 3.15. The van der Waals surface area contributed by atoms with Crippen molar-refractivity contribution in [1.82, 2.24) is 9.21 Å². The van der Waals surface area contributed by atoms with E-state index >= 15 is 0 Å². The highest BCUT2D eigenvalue weighted by molar-refractivity contribution is 7.89. The Bertz CT molecular complexity index is 804. The van der Waals surface area contributed by atoms with Gasteiger partial charge in [0.2, 0.25) is 10.0 Å². The van der Waals surface area contributed by atoms with Crippen molar-refractivity contribution in [2.75, 3.05) is 19.7 Å². The summed E-state index contributed by atoms with van der Waals surface area (Å²) in [6, 6.07) is 3.84. The molecular formula is C19H27FN2O4S. The van der Waals surface area contributed by atoms with Crippen LogP contribution in [-0.2, 0) is 14.8 Å². The van der Waals surface area contributed by atoms with Gasteiger partial charge < -0.3 is 4.74 Å². The SMILES string of the molecule is Cc1ccc(F)cc1S(=O)(=O)N1CCC(N2C(=O)OCC2CC(C)C)CC1. The van der Waals surface area contributed by atoms with Crippen LogP contribution in [0.5, 0.6) is 0 Å². The molecule has 1 aromatic carbocycles. The third kappa shape index (κ3) is 4.11. The molecule has 2 heterocycles. The number of cyclic esters (lactones) is 1. The highest BCUT2D eigenvalue weighted by Gasteiger charge is 2.41. The van der Waals surface area contributed by atoms with Gasteiger partial charge in [0.15, 0.2) is 0 Å². The van der Waals surface area contributed by atoms with E-state index in [4.69, 9.17) is 4.74 Å². The molecule has 150 valence electrons. The van der Waals surface area contributed by atoms with Gasteiger partial charge in [0.05, 0.1) is 10.9 Å². The number of aryl methyl sites for hydroxylation is 1. The molecule has 1 unspecified atom stereocenters. The lowest BCUT2D eigenvalue weighted by Gasteiger charge is -2.37. The number of carbonyl (C=O) groups excluding carboxylic acids is 1. The molecule has 1 aromatic rings. The van der Waals surface area contributed by atoms with Gasteiger partial charge in [-0.2, -0.15) is 4.31 Å². The highest BCUT2D eigenvalue weighted by atomic mass is 32.2. The van der Waals surface area contributed by atoms with Crippen LogP contribution < -0.4 is 0 Å². The number of halogens is 1. The number of amides is 1. The molecule has 0 bridgehead atoms. The van der Waals surface area contributed by atoms with Crippen LogP contribution in [0.3, 0.4) is 0 Å². The van der Waals surface area contributed by atoms with E-state index < -0.39 is 15.8 Å². The van der Waals surface area contributed by atoms with Crippen molar-refractivity contribution in [3.05, 3.63) is 29.6 Å². The molecule has 27 heavy (non-hydrogen) atoms. The molecule has 0 aliphatic carbocycles. The van der Waals surface area contributed by atoms with Crippen molar-refractivity contribution in [1.29, 1.82) is 0 Å². The maximum absolute atomic E-state index is 13.6. The molecule has 2 fully saturated rings. The lowest BCUT2D eigenvalue weighted by atomic mass is 9.99. The average molecular weight is 399 g/mol. The molecule has 6 nitrogen and oxygen atoms in total. The molecular weight excluding hydrogens is 371 g/mol. The predicted molar refractivity (Wildman–Crippen MR) is 99.3 cm³/mol. The van der Waals surface area contributed by atoms with Gasteiger partial charge in [-0.05, 0) is 49.8 Å². The summed E-state index contributed by atoms with van der Waals surface area (Å²) < 4.78 is 46.0. The second-order valence-electron chi connectivity index (χ2n) is 7.81. The van der Waals surface area contributed by atoms with Crippen molar-refractivity contribution in [3.8, 4) is 0 Å². The molecule has 2 aliphatic heterocycles. The van der Waals surface area contributed by atoms with E-state index in [9.17, 15) is 17.6 Å². The molecule has 2 aliphatic rings. The quantitative estimate of drug-likeness (QED) is 0.764. The summed E-state index contributed by atoms with van der Waals surface area (Å²) in [4.78, 5) is 14.0. The molecule has 8 heteroatoms. The summed E-state index contributed by atoms with van der Waals surface area (Å²) in [5.74, 6) is -0.117. The summed E-state index contributed by atoms with van der Waals surface area (Å²) in [5, 5.41) is 0. The van der Waals surface area contributed by atoms with E-state index in [1.807, 2.05) is 0 Å². The van der Waals surface area contributed by atoms with Gasteiger partial charge in [-0.25, -0.2) is 17.6 Å². The molecule has 1 amide bonds. The van der Waals surface area contributed by atoms with Crippen LogP contribution in [-0.4, -0.2) is 55.5 Å². The smallest absolute Gasteiger partial charge is 0.410 e. The zero-order valence-corrected chi connectivity index (χ0v) is 16.8. The minimum atomic E-state index is -3.75. The molecule has 2 saturated heterocycles. The summed E-state index contributed by atoms with van der Waals surface area (Å²) in [5.41, 5.74) is 0.527. The number of benzene rings is 1. The molecule has 0 N–H and O–H groups in total. The minimum absolute atomic E-state index is 0.0132. The van der Waals surface area contributed by atoms with Crippen molar-refractivity contribution in [3.63, 3.8) is 0 Å². The van der Waals surface area contributed by atoms with Crippen LogP contribution in [0.2, 0.25) is 0 Å². The molecule has 0 spiro atoms. The van der Waals surface area contributed by atoms with Crippen molar-refractivity contribution >= 4 is 16.1 Å². The van der Waals surface area contributed by atoms with E-state index in [1.54, 1.807) is 11.8 Å². The van der Waals surface area contributed by atoms with Crippen LogP contribution in [0, 0.1) is 18.7 Å². The molecule has 0 radical (unpaired) electrons. The van der Waals surface area contributed by atoms with Gasteiger partial charge in [-0.3, -0.25) is 4.90 Å². The summed E-state index contributed by atoms with van der Waals surface area (Å²) in [7, 11) is -3.75. The van der Waals surface area contributed by atoms with Crippen LogP contribution >= 0.6 is 0 Å². The number of carbonyl (C=O) groups is 1. The number of piperidine rings is 1. The molecule has 0 aromatic heterocycles. The first-order chi connectivity index (χ1) is 12.7. The first-order valence-corrected chi connectivity index (χ1v) is 10.9. The lowest BCUT2D eigenvalue weighted by molar-refractivity contribution is 0.121. The Hall–Kier alpha value is -1.67. The normalized spacial score (nSPS) is 22.5. The van der Waals surface area contributed by atoms with Gasteiger partial charge >= 0.3 is 6.09 Å². The van der Waals surface area contributed by atoms with E-state index in [-0.39, 0.29) is 23.1 Å². The maximum Gasteiger partial charge on any atom is 0.410 e. The zero-order chi connectivity index (χ0) is 19.8. The van der Waals surface area contributed by atoms with Crippen LogP contribution in [0.15, 0.2) is 23.1 Å². The summed E-state index contributed by atoms with van der Waals surface area (Å²) in [6.45, 7) is 6.89. The fraction of sp³-hybridized carbons (Fsp3) is 0.632. The standard InChI is InChI=1S/C19H27FN2O4S/c1-13(2)10-17-12-26-19(23)22(17)16-6-8-21(9-7-16)27(24,25)18-11-15(20)5-4-14(18)3/h4-5,11,13,16-17H,6-10,12H2,1-3H3. The first kappa shape index (κ1) is 20.1. The van der Waals surface area contributed by atoms with Gasteiger partial charge in [-0.15, -0.1) is 0 Å². The fourth-order valence-electron chi connectivity index (χ4n) is 4.00. The Labute approximate surface area is 160 Å². The van der Waals surface area contributed by atoms with Gasteiger partial charge in [0, 0.05) is 19.1 Å². The van der Waals surface area contributed by atoms with Crippen LogP contribution in [0.25, 0.3) is 0 Å². The Morgan fingerprint density at radius 2 is 1.93 bits per heavy atom. The fourth-order valence-corrected chi connectivity index (χ4v) is 5.70. The van der Waals surface area contributed by atoms with Crippen LogP contribution in [0.1, 0.15) is 38.7 Å². The van der Waals surface area contributed by atoms with Crippen molar-refractivity contribution < 1.29 is 22.3 Å². The molecule has 3 rings (SSSR count). The third-order valence-electron chi connectivity index (χ3n) is 5.33. The number of ether oxygens (including phenoxy) is 1. The number of hydrogen-bond acceptors (Lipinski definition) is 4. The van der Waals surface area contributed by atoms with E-state index in [1.165, 1.54) is 16.4 Å². The van der Waals surface area contributed by atoms with Gasteiger partial charge in [0.25, 0.3) is 0 Å². The second kappa shape index (κ2) is 7.75. The maximum atomic E-state index is 13.6. The number of nitrogens with zero attached hydrogens (tertiary/aromatic N) is 2. The van der Waals surface area contributed by atoms with Crippen molar-refractivity contribution in [2.45, 2.75) is 57.0 Å². The Kier molecular flexibility index (Phi) is 5.76. The van der Waals surface area contributed by atoms with E-state index in [0.29, 0.717) is 44.0 Å². The Morgan fingerprint density at radius 3 is 2.56 bits per heavy atom. The monoisotopic (exact) mass is 398 g/mol. The Morgan fingerprint density at radius 1 is 1.26 bits per heavy atom. The largest absolute Gasteiger partial charge is 0.447 e. The number of sulfonamides is 1. The highest BCUT2D eigenvalue weighted by Crippen LogP contribution is 2.30. The average Bonchev–Trinajstić information content (AvgIpc) is 2.96. The summed E-state index contributed by atoms with van der Waals surface area (Å²) in [6.07, 6.45) is 1.67. The zero-order valence-electron chi connectivity index (χ0n) is 16.0. The number of rotatable bonds is 5. The van der Waals surface area contributed by atoms with Gasteiger partial charge in [0.1, 0.15) is 12.4 Å². The second-order valence-corrected chi connectivity index (χ2v) is 9.72. The first-order valence-electron chi connectivity index (χ1n) is 9.41.